The van der Waals surface area contributed by atoms with Crippen LogP contribution in [0.1, 0.15) is 24.5 Å². The molecule has 140 valence electrons. The number of nitrogens with one attached hydrogen (secondary N) is 2. The zero-order chi connectivity index (χ0) is 18.5. The topological polar surface area (TPSA) is 59.6 Å². The second-order valence-corrected chi connectivity index (χ2v) is 5.89. The van der Waals surface area contributed by atoms with E-state index in [-0.39, 0.29) is 6.03 Å². The van der Waals surface area contributed by atoms with Crippen LogP contribution in [0.15, 0.2) is 54.6 Å². The molecule has 0 heterocycles. The smallest absolute Gasteiger partial charge is 0.315 e. The molecule has 0 saturated heterocycles. The normalized spacial score (nSPS) is 10.3. The Bertz CT molecular complexity index is 647. The molecule has 26 heavy (non-hydrogen) atoms. The maximum absolute atomic E-state index is 11.8. The Morgan fingerprint density at radius 1 is 0.962 bits per heavy atom. The highest BCUT2D eigenvalue weighted by Crippen LogP contribution is 2.12. The van der Waals surface area contributed by atoms with Crippen LogP contribution in [-0.2, 0) is 17.7 Å². The Morgan fingerprint density at radius 3 is 2.58 bits per heavy atom. The summed E-state index contributed by atoms with van der Waals surface area (Å²) >= 11 is 0. The van der Waals surface area contributed by atoms with Gasteiger partial charge < -0.3 is 20.1 Å². The molecule has 0 saturated carbocycles. The molecule has 2 N–H and O–H groups in total. The lowest BCUT2D eigenvalue weighted by atomic mass is 10.2. The lowest BCUT2D eigenvalue weighted by Crippen LogP contribution is -2.35. The predicted molar refractivity (Wildman–Crippen MR) is 103 cm³/mol. The quantitative estimate of drug-likeness (QED) is 0.606. The maximum atomic E-state index is 11.8. The monoisotopic (exact) mass is 356 g/mol. The van der Waals surface area contributed by atoms with Gasteiger partial charge in [0, 0.05) is 19.7 Å². The fraction of sp³-hybridized carbons (Fsp3) is 0.381. The van der Waals surface area contributed by atoms with Gasteiger partial charge in [-0.1, -0.05) is 42.5 Å². The summed E-state index contributed by atoms with van der Waals surface area (Å²) in [4.78, 5) is 11.8. The molecule has 5 nitrogen and oxygen atoms in total. The molecule has 2 aromatic carbocycles. The van der Waals surface area contributed by atoms with Gasteiger partial charge in [-0.2, -0.15) is 0 Å². The first-order valence-corrected chi connectivity index (χ1v) is 9.13. The minimum absolute atomic E-state index is 0.170. The molecule has 0 unspecified atom stereocenters. The highest BCUT2D eigenvalue weighted by Gasteiger charge is 2.01. The first-order valence-electron chi connectivity index (χ1n) is 9.13. The Hall–Kier alpha value is -2.53. The van der Waals surface area contributed by atoms with Gasteiger partial charge >= 0.3 is 6.03 Å². The van der Waals surface area contributed by atoms with E-state index in [1.807, 2.05) is 49.4 Å². The molecule has 0 fully saturated rings. The summed E-state index contributed by atoms with van der Waals surface area (Å²) in [6.07, 6.45) is 1.71. The van der Waals surface area contributed by atoms with E-state index in [0.29, 0.717) is 32.9 Å². The Morgan fingerprint density at radius 2 is 1.77 bits per heavy atom. The molecular weight excluding hydrogens is 328 g/mol. The van der Waals surface area contributed by atoms with Crippen molar-refractivity contribution in [2.45, 2.75) is 26.3 Å². The van der Waals surface area contributed by atoms with Crippen LogP contribution in [-0.4, -0.2) is 32.4 Å². The molecule has 0 aliphatic rings. The molecule has 5 heteroatoms. The number of hydrogen-bond acceptors (Lipinski definition) is 3. The fourth-order valence-corrected chi connectivity index (χ4v) is 2.47. The Kier molecular flexibility index (Phi) is 9.08. The molecule has 2 rings (SSSR count). The SMILES string of the molecule is CCOc1cccc(CNC(=O)NCCCOCCc2ccccc2)c1. The van der Waals surface area contributed by atoms with Crippen molar-refractivity contribution in [2.24, 2.45) is 0 Å². The van der Waals surface area contributed by atoms with Gasteiger partial charge in [-0.05, 0) is 43.0 Å². The zero-order valence-electron chi connectivity index (χ0n) is 15.4. The van der Waals surface area contributed by atoms with Crippen LogP contribution in [0.25, 0.3) is 0 Å². The third-order valence-corrected chi connectivity index (χ3v) is 3.79. The van der Waals surface area contributed by atoms with Crippen LogP contribution in [0.4, 0.5) is 4.79 Å². The molecule has 2 aromatic rings. The van der Waals surface area contributed by atoms with Crippen molar-refractivity contribution in [2.75, 3.05) is 26.4 Å². The number of ether oxygens (including phenoxy) is 2. The molecule has 0 bridgehead atoms. The van der Waals surface area contributed by atoms with E-state index in [2.05, 4.69) is 22.8 Å². The van der Waals surface area contributed by atoms with Crippen molar-refractivity contribution in [3.8, 4) is 5.75 Å². The molecular formula is C21H28N2O3. The second-order valence-electron chi connectivity index (χ2n) is 5.89. The van der Waals surface area contributed by atoms with Gasteiger partial charge in [-0.25, -0.2) is 4.79 Å². The highest BCUT2D eigenvalue weighted by molar-refractivity contribution is 5.73. The van der Waals surface area contributed by atoms with Gasteiger partial charge in [0.05, 0.1) is 13.2 Å². The van der Waals surface area contributed by atoms with Crippen LogP contribution in [0, 0.1) is 0 Å². The second kappa shape index (κ2) is 11.9. The summed E-state index contributed by atoms with van der Waals surface area (Å²) in [5, 5.41) is 5.69. The maximum Gasteiger partial charge on any atom is 0.315 e. The van der Waals surface area contributed by atoms with Gasteiger partial charge in [-0.3, -0.25) is 0 Å². The summed E-state index contributed by atoms with van der Waals surface area (Å²) in [6, 6.07) is 17.8. The number of carbonyl (C=O) groups excluding carboxylic acids is 1. The van der Waals surface area contributed by atoms with Crippen LogP contribution in [0.3, 0.4) is 0 Å². The number of carbonyl (C=O) groups is 1. The number of urea groups is 1. The van der Waals surface area contributed by atoms with Crippen molar-refractivity contribution in [3.63, 3.8) is 0 Å². The van der Waals surface area contributed by atoms with E-state index in [4.69, 9.17) is 9.47 Å². The minimum atomic E-state index is -0.170. The van der Waals surface area contributed by atoms with Gasteiger partial charge in [0.15, 0.2) is 0 Å². The van der Waals surface area contributed by atoms with Crippen molar-refractivity contribution in [3.05, 3.63) is 65.7 Å². The number of amides is 2. The predicted octanol–water partition coefficient (Wildman–Crippen LogP) is 3.53. The Labute approximate surface area is 155 Å². The van der Waals surface area contributed by atoms with Gasteiger partial charge in [0.2, 0.25) is 0 Å². The van der Waals surface area contributed by atoms with E-state index in [1.54, 1.807) is 0 Å². The van der Waals surface area contributed by atoms with Gasteiger partial charge in [0.1, 0.15) is 5.75 Å². The molecule has 0 aromatic heterocycles. The molecule has 0 aliphatic carbocycles. The van der Waals surface area contributed by atoms with Crippen molar-refractivity contribution < 1.29 is 14.3 Å². The van der Waals surface area contributed by atoms with Crippen LogP contribution < -0.4 is 15.4 Å². The first kappa shape index (κ1) is 19.8. The third kappa shape index (κ3) is 8.03. The lowest BCUT2D eigenvalue weighted by Gasteiger charge is -2.09. The molecule has 0 spiro atoms. The molecule has 0 radical (unpaired) electrons. The van der Waals surface area contributed by atoms with E-state index in [0.717, 1.165) is 24.2 Å². The summed E-state index contributed by atoms with van der Waals surface area (Å²) in [6.45, 7) is 4.99. The van der Waals surface area contributed by atoms with E-state index >= 15 is 0 Å². The van der Waals surface area contributed by atoms with Crippen molar-refractivity contribution >= 4 is 6.03 Å². The van der Waals surface area contributed by atoms with Crippen molar-refractivity contribution in [1.82, 2.24) is 10.6 Å². The van der Waals surface area contributed by atoms with E-state index in [9.17, 15) is 4.79 Å². The van der Waals surface area contributed by atoms with Gasteiger partial charge in [0.25, 0.3) is 0 Å². The average Bonchev–Trinajstić information content (AvgIpc) is 2.67. The van der Waals surface area contributed by atoms with Crippen LogP contribution >= 0.6 is 0 Å². The highest BCUT2D eigenvalue weighted by atomic mass is 16.5. The van der Waals surface area contributed by atoms with Crippen molar-refractivity contribution in [1.29, 1.82) is 0 Å². The summed E-state index contributed by atoms with van der Waals surface area (Å²) in [5.74, 6) is 0.819. The molecule has 0 aliphatic heterocycles. The van der Waals surface area contributed by atoms with Crippen LogP contribution in [0.2, 0.25) is 0 Å². The van der Waals surface area contributed by atoms with E-state index in [1.165, 1.54) is 5.56 Å². The largest absolute Gasteiger partial charge is 0.494 e. The summed E-state index contributed by atoms with van der Waals surface area (Å²) < 4.78 is 11.1. The zero-order valence-corrected chi connectivity index (χ0v) is 15.4. The van der Waals surface area contributed by atoms with Gasteiger partial charge in [-0.15, -0.1) is 0 Å². The number of benzene rings is 2. The number of rotatable bonds is 11. The fourth-order valence-electron chi connectivity index (χ4n) is 2.47. The summed E-state index contributed by atoms with van der Waals surface area (Å²) in [7, 11) is 0. The first-order chi connectivity index (χ1) is 12.8. The average molecular weight is 356 g/mol. The molecule has 0 atom stereocenters. The number of hydrogen-bond donors (Lipinski definition) is 2. The third-order valence-electron chi connectivity index (χ3n) is 3.79. The standard InChI is InChI=1S/C21H28N2O3/c1-2-26-20-11-6-10-19(16-20)17-23-21(24)22-13-7-14-25-15-12-18-8-4-3-5-9-18/h3-6,8-11,16H,2,7,12-15,17H2,1H3,(H2,22,23,24). The van der Waals surface area contributed by atoms with Crippen LogP contribution in [0.5, 0.6) is 5.75 Å². The molecule has 2 amide bonds. The lowest BCUT2D eigenvalue weighted by molar-refractivity contribution is 0.135. The Balaban J connectivity index is 1.50. The van der Waals surface area contributed by atoms with E-state index < -0.39 is 0 Å². The summed E-state index contributed by atoms with van der Waals surface area (Å²) in [5.41, 5.74) is 2.29. The minimum Gasteiger partial charge on any atom is -0.494 e.